The molecule has 0 aliphatic heterocycles. The summed E-state index contributed by atoms with van der Waals surface area (Å²) in [5.74, 6) is 0.825. The van der Waals surface area contributed by atoms with E-state index < -0.39 is 0 Å². The summed E-state index contributed by atoms with van der Waals surface area (Å²) in [6, 6.07) is 16.3. The molecule has 1 aliphatic rings. The molecule has 2 N–H and O–H groups in total. The number of hydrogen-bond acceptors (Lipinski definition) is 4. The number of carbonyl (C=O) groups is 2. The first-order valence-electron chi connectivity index (χ1n) is 10.0. The quantitative estimate of drug-likeness (QED) is 0.582. The summed E-state index contributed by atoms with van der Waals surface area (Å²) in [4.78, 5) is 27.2. The molecule has 2 amide bonds. The standard InChI is InChI=1S/C24H24N2O3S/c1-15-11-12-19-20(13-15)30-24(26-22(27)16-7-4-3-5-8-16)21(19)23(28)25-17-9-6-10-18(14-17)29-2/h3-10,14-15H,11-13H2,1-2H3,(H,25,28)(H,26,27)/t15-/m1/s1. The third-order valence-electron chi connectivity index (χ3n) is 5.33. The number of fused-ring (bicyclic) bond motifs is 1. The Labute approximate surface area is 180 Å². The van der Waals surface area contributed by atoms with Crippen molar-refractivity contribution in [2.45, 2.75) is 26.2 Å². The normalized spacial score (nSPS) is 15.2. The molecule has 0 saturated carbocycles. The summed E-state index contributed by atoms with van der Waals surface area (Å²) in [7, 11) is 1.59. The summed E-state index contributed by atoms with van der Waals surface area (Å²) in [6.07, 6.45) is 2.81. The SMILES string of the molecule is COc1cccc(NC(=O)c2c(NC(=O)c3ccccc3)sc3c2CC[C@@H](C)C3)c1. The van der Waals surface area contributed by atoms with Crippen LogP contribution in [-0.2, 0) is 12.8 Å². The van der Waals surface area contributed by atoms with Crippen molar-refractivity contribution in [1.29, 1.82) is 0 Å². The Morgan fingerprint density at radius 3 is 2.60 bits per heavy atom. The van der Waals surface area contributed by atoms with E-state index in [0.717, 1.165) is 24.8 Å². The van der Waals surface area contributed by atoms with E-state index in [2.05, 4.69) is 17.6 Å². The number of rotatable bonds is 5. The van der Waals surface area contributed by atoms with Gasteiger partial charge >= 0.3 is 0 Å². The second kappa shape index (κ2) is 8.71. The molecule has 154 valence electrons. The van der Waals surface area contributed by atoms with E-state index in [1.807, 2.05) is 36.4 Å². The molecular weight excluding hydrogens is 396 g/mol. The Kier molecular flexibility index (Phi) is 5.86. The minimum absolute atomic E-state index is 0.210. The maximum Gasteiger partial charge on any atom is 0.258 e. The fraction of sp³-hybridized carbons (Fsp3) is 0.250. The molecule has 1 atom stereocenters. The molecule has 0 radical (unpaired) electrons. The zero-order valence-electron chi connectivity index (χ0n) is 17.0. The molecule has 0 fully saturated rings. The number of benzene rings is 2. The highest BCUT2D eigenvalue weighted by Crippen LogP contribution is 2.40. The molecule has 0 bridgehead atoms. The van der Waals surface area contributed by atoms with Crippen molar-refractivity contribution in [3.8, 4) is 5.75 Å². The first-order valence-corrected chi connectivity index (χ1v) is 10.8. The Morgan fingerprint density at radius 2 is 1.83 bits per heavy atom. The maximum atomic E-state index is 13.3. The zero-order valence-corrected chi connectivity index (χ0v) is 17.8. The second-order valence-corrected chi connectivity index (χ2v) is 8.67. The monoisotopic (exact) mass is 420 g/mol. The third-order valence-corrected chi connectivity index (χ3v) is 6.50. The molecule has 4 rings (SSSR count). The zero-order chi connectivity index (χ0) is 21.1. The lowest BCUT2D eigenvalue weighted by atomic mass is 9.88. The molecule has 0 unspecified atom stereocenters. The van der Waals surface area contributed by atoms with Gasteiger partial charge in [0.25, 0.3) is 11.8 Å². The van der Waals surface area contributed by atoms with Crippen molar-refractivity contribution >= 4 is 33.8 Å². The predicted molar refractivity (Wildman–Crippen MR) is 121 cm³/mol. The van der Waals surface area contributed by atoms with Crippen LogP contribution in [0, 0.1) is 5.92 Å². The number of amides is 2. The minimum atomic E-state index is -0.210. The fourth-order valence-corrected chi connectivity index (χ4v) is 5.14. The average molecular weight is 421 g/mol. The van der Waals surface area contributed by atoms with Gasteiger partial charge in [-0.15, -0.1) is 11.3 Å². The average Bonchev–Trinajstić information content (AvgIpc) is 3.11. The van der Waals surface area contributed by atoms with E-state index in [4.69, 9.17) is 4.74 Å². The van der Waals surface area contributed by atoms with Gasteiger partial charge < -0.3 is 15.4 Å². The van der Waals surface area contributed by atoms with E-state index in [-0.39, 0.29) is 11.8 Å². The van der Waals surface area contributed by atoms with Gasteiger partial charge in [-0.25, -0.2) is 0 Å². The van der Waals surface area contributed by atoms with Crippen LogP contribution in [0.4, 0.5) is 10.7 Å². The fourth-order valence-electron chi connectivity index (χ4n) is 3.74. The first-order chi connectivity index (χ1) is 14.5. The third kappa shape index (κ3) is 4.24. The molecule has 6 heteroatoms. The van der Waals surface area contributed by atoms with E-state index >= 15 is 0 Å². The molecular formula is C24H24N2O3S. The van der Waals surface area contributed by atoms with Gasteiger partial charge in [-0.2, -0.15) is 0 Å². The van der Waals surface area contributed by atoms with E-state index in [1.54, 1.807) is 25.3 Å². The molecule has 0 saturated heterocycles. The summed E-state index contributed by atoms with van der Waals surface area (Å²) >= 11 is 1.52. The number of hydrogen-bond donors (Lipinski definition) is 2. The number of ether oxygens (including phenoxy) is 1. The lowest BCUT2D eigenvalue weighted by Crippen LogP contribution is -2.19. The molecule has 1 aliphatic carbocycles. The summed E-state index contributed by atoms with van der Waals surface area (Å²) in [5, 5.41) is 6.57. The van der Waals surface area contributed by atoms with Crippen molar-refractivity contribution in [2.75, 3.05) is 17.7 Å². The molecule has 3 aromatic rings. The second-order valence-electron chi connectivity index (χ2n) is 7.56. The van der Waals surface area contributed by atoms with Crippen LogP contribution >= 0.6 is 11.3 Å². The lowest BCUT2D eigenvalue weighted by molar-refractivity contribution is 0.102. The lowest BCUT2D eigenvalue weighted by Gasteiger charge is -2.18. The Morgan fingerprint density at radius 1 is 1.03 bits per heavy atom. The highest BCUT2D eigenvalue weighted by molar-refractivity contribution is 7.17. The smallest absolute Gasteiger partial charge is 0.258 e. The van der Waals surface area contributed by atoms with Crippen LogP contribution in [0.1, 0.15) is 44.5 Å². The number of methoxy groups -OCH3 is 1. The van der Waals surface area contributed by atoms with Gasteiger partial charge in [-0.3, -0.25) is 9.59 Å². The Hall–Kier alpha value is -3.12. The van der Waals surface area contributed by atoms with Gasteiger partial charge in [0.15, 0.2) is 0 Å². The number of anilines is 2. The van der Waals surface area contributed by atoms with Crippen molar-refractivity contribution in [1.82, 2.24) is 0 Å². The minimum Gasteiger partial charge on any atom is -0.497 e. The molecule has 0 spiro atoms. The van der Waals surface area contributed by atoms with Crippen LogP contribution in [0.25, 0.3) is 0 Å². The van der Waals surface area contributed by atoms with Crippen LogP contribution in [0.5, 0.6) is 5.75 Å². The van der Waals surface area contributed by atoms with Crippen LogP contribution < -0.4 is 15.4 Å². The maximum absolute atomic E-state index is 13.3. The summed E-state index contributed by atoms with van der Waals surface area (Å²) < 4.78 is 5.25. The molecule has 30 heavy (non-hydrogen) atoms. The van der Waals surface area contributed by atoms with Gasteiger partial charge in [0.1, 0.15) is 10.8 Å². The Bertz CT molecular complexity index is 1080. The van der Waals surface area contributed by atoms with Crippen molar-refractivity contribution in [2.24, 2.45) is 5.92 Å². The number of nitrogens with one attached hydrogen (secondary N) is 2. The van der Waals surface area contributed by atoms with Gasteiger partial charge in [-0.1, -0.05) is 31.2 Å². The number of thiophene rings is 1. The molecule has 1 aromatic heterocycles. The van der Waals surface area contributed by atoms with Crippen LogP contribution in [-0.4, -0.2) is 18.9 Å². The highest BCUT2D eigenvalue weighted by atomic mass is 32.1. The van der Waals surface area contributed by atoms with Gasteiger partial charge in [0.05, 0.1) is 12.7 Å². The number of carbonyl (C=O) groups excluding carboxylic acids is 2. The van der Waals surface area contributed by atoms with Crippen molar-refractivity contribution in [3.63, 3.8) is 0 Å². The van der Waals surface area contributed by atoms with E-state index in [9.17, 15) is 9.59 Å². The van der Waals surface area contributed by atoms with Crippen molar-refractivity contribution < 1.29 is 14.3 Å². The van der Waals surface area contributed by atoms with Gasteiger partial charge in [0, 0.05) is 22.2 Å². The Balaban J connectivity index is 1.66. The summed E-state index contributed by atoms with van der Waals surface area (Å²) in [6.45, 7) is 2.22. The largest absolute Gasteiger partial charge is 0.497 e. The van der Waals surface area contributed by atoms with E-state index in [0.29, 0.717) is 33.5 Å². The van der Waals surface area contributed by atoms with Gasteiger partial charge in [0.2, 0.25) is 0 Å². The molecule has 1 heterocycles. The topological polar surface area (TPSA) is 67.4 Å². The van der Waals surface area contributed by atoms with Crippen LogP contribution in [0.2, 0.25) is 0 Å². The van der Waals surface area contributed by atoms with E-state index in [1.165, 1.54) is 16.2 Å². The predicted octanol–water partition coefficient (Wildman–Crippen LogP) is 5.39. The van der Waals surface area contributed by atoms with Crippen LogP contribution in [0.3, 0.4) is 0 Å². The van der Waals surface area contributed by atoms with Crippen LogP contribution in [0.15, 0.2) is 54.6 Å². The molecule has 2 aromatic carbocycles. The highest BCUT2D eigenvalue weighted by Gasteiger charge is 2.28. The van der Waals surface area contributed by atoms with Gasteiger partial charge in [-0.05, 0) is 55.0 Å². The first kappa shape index (κ1) is 20.2. The molecule has 5 nitrogen and oxygen atoms in total. The van der Waals surface area contributed by atoms with Crippen molar-refractivity contribution in [3.05, 3.63) is 76.2 Å². The summed E-state index contributed by atoms with van der Waals surface area (Å²) in [5.41, 5.74) is 2.86.